The maximum atomic E-state index is 11.4. The van der Waals surface area contributed by atoms with Crippen LogP contribution in [-0.4, -0.2) is 39.9 Å². The van der Waals surface area contributed by atoms with Crippen molar-refractivity contribution >= 4 is 26.2 Å². The Labute approximate surface area is 113 Å². The van der Waals surface area contributed by atoms with E-state index < -0.39 is 20.3 Å². The summed E-state index contributed by atoms with van der Waals surface area (Å²) in [7, 11) is -0.641. The summed E-state index contributed by atoms with van der Waals surface area (Å²) >= 11 is 0. The number of carbonyl (C=O) groups excluding carboxylic acids is 3. The number of carbonyl (C=O) groups is 3. The predicted octanol–water partition coefficient (Wildman–Crippen LogP) is 1.42. The standard InChI is InChI=1S/C12H20O6Si/c1-16-10(13)7-8-11(14)17-9-5-6-12(15)18-19(2,3)4/h7-8H,5-6,9H2,1-4H3/b8-7-. The molecule has 0 saturated carbocycles. The maximum Gasteiger partial charge on any atom is 0.331 e. The second-order valence-corrected chi connectivity index (χ2v) is 9.14. The quantitative estimate of drug-likeness (QED) is 0.305. The second kappa shape index (κ2) is 8.47. The molecular weight excluding hydrogens is 268 g/mol. The summed E-state index contributed by atoms with van der Waals surface area (Å²) in [6.07, 6.45) is 2.55. The van der Waals surface area contributed by atoms with Gasteiger partial charge < -0.3 is 13.9 Å². The minimum Gasteiger partial charge on any atom is -0.520 e. The molecule has 0 spiro atoms. The van der Waals surface area contributed by atoms with E-state index in [1.54, 1.807) is 0 Å². The number of ether oxygens (including phenoxy) is 2. The van der Waals surface area contributed by atoms with Crippen LogP contribution in [0.25, 0.3) is 0 Å². The molecule has 0 rings (SSSR count). The van der Waals surface area contributed by atoms with Crippen molar-refractivity contribution in [3.05, 3.63) is 12.2 Å². The molecule has 0 saturated heterocycles. The molecule has 0 aliphatic carbocycles. The normalized spacial score (nSPS) is 11.2. The predicted molar refractivity (Wildman–Crippen MR) is 70.8 cm³/mol. The first kappa shape index (κ1) is 17.4. The Bertz CT molecular complexity index is 356. The molecular formula is C12H20O6Si. The smallest absolute Gasteiger partial charge is 0.331 e. The van der Waals surface area contributed by atoms with Gasteiger partial charge in [0.25, 0.3) is 5.97 Å². The minimum absolute atomic E-state index is 0.102. The fourth-order valence-corrected chi connectivity index (χ4v) is 1.82. The van der Waals surface area contributed by atoms with Gasteiger partial charge in [0.15, 0.2) is 0 Å². The van der Waals surface area contributed by atoms with E-state index in [9.17, 15) is 14.4 Å². The monoisotopic (exact) mass is 288 g/mol. The fourth-order valence-electron chi connectivity index (χ4n) is 1.03. The van der Waals surface area contributed by atoms with E-state index in [1.807, 2.05) is 19.6 Å². The van der Waals surface area contributed by atoms with Crippen LogP contribution in [0.15, 0.2) is 12.2 Å². The lowest BCUT2D eigenvalue weighted by Gasteiger charge is -2.17. The Kier molecular flexibility index (Phi) is 7.74. The summed E-state index contributed by atoms with van der Waals surface area (Å²) in [6, 6.07) is 0. The van der Waals surface area contributed by atoms with Crippen molar-refractivity contribution in [3.63, 3.8) is 0 Å². The average Bonchev–Trinajstić information content (AvgIpc) is 2.29. The molecule has 0 aliphatic rings. The van der Waals surface area contributed by atoms with Gasteiger partial charge in [0, 0.05) is 18.6 Å². The highest BCUT2D eigenvalue weighted by Crippen LogP contribution is 2.05. The van der Waals surface area contributed by atoms with Gasteiger partial charge in [-0.3, -0.25) is 4.79 Å². The Morgan fingerprint density at radius 1 is 1.05 bits per heavy atom. The van der Waals surface area contributed by atoms with Crippen LogP contribution in [-0.2, 0) is 28.3 Å². The Balaban J connectivity index is 3.75. The van der Waals surface area contributed by atoms with Gasteiger partial charge in [0.1, 0.15) is 0 Å². The van der Waals surface area contributed by atoms with Crippen molar-refractivity contribution in [1.82, 2.24) is 0 Å². The van der Waals surface area contributed by atoms with E-state index in [-0.39, 0.29) is 19.0 Å². The third kappa shape index (κ3) is 11.2. The van der Waals surface area contributed by atoms with E-state index in [2.05, 4.69) is 4.74 Å². The van der Waals surface area contributed by atoms with Gasteiger partial charge in [-0.15, -0.1) is 0 Å². The summed E-state index contributed by atoms with van der Waals surface area (Å²) in [5.41, 5.74) is 0. The van der Waals surface area contributed by atoms with Gasteiger partial charge in [0.05, 0.1) is 13.7 Å². The number of hydrogen-bond acceptors (Lipinski definition) is 6. The summed E-state index contributed by atoms with van der Waals surface area (Å²) in [5, 5.41) is 0. The molecule has 0 bridgehead atoms. The molecule has 0 unspecified atom stereocenters. The van der Waals surface area contributed by atoms with Crippen LogP contribution in [0.1, 0.15) is 12.8 Å². The number of esters is 2. The average molecular weight is 288 g/mol. The first-order valence-electron chi connectivity index (χ1n) is 5.89. The minimum atomic E-state index is -1.85. The molecule has 6 nitrogen and oxygen atoms in total. The molecule has 0 aromatic rings. The summed E-state index contributed by atoms with van der Waals surface area (Å²) in [6.45, 7) is 5.86. The second-order valence-electron chi connectivity index (χ2n) is 4.71. The highest BCUT2D eigenvalue weighted by atomic mass is 28.4. The number of rotatable bonds is 7. The van der Waals surface area contributed by atoms with E-state index >= 15 is 0 Å². The first-order valence-corrected chi connectivity index (χ1v) is 9.30. The molecule has 19 heavy (non-hydrogen) atoms. The van der Waals surface area contributed by atoms with Crippen LogP contribution < -0.4 is 0 Å². The largest absolute Gasteiger partial charge is 0.520 e. The summed E-state index contributed by atoms with van der Waals surface area (Å²) in [5.74, 6) is -1.56. The van der Waals surface area contributed by atoms with E-state index in [1.165, 1.54) is 7.11 Å². The molecule has 0 amide bonds. The van der Waals surface area contributed by atoms with Gasteiger partial charge in [0.2, 0.25) is 8.32 Å². The number of hydrogen-bond donors (Lipinski definition) is 0. The van der Waals surface area contributed by atoms with E-state index in [0.717, 1.165) is 12.2 Å². The molecule has 7 heteroatoms. The molecule has 0 N–H and O–H groups in total. The summed E-state index contributed by atoms with van der Waals surface area (Å²) < 4.78 is 14.3. The van der Waals surface area contributed by atoms with Crippen LogP contribution >= 0.6 is 0 Å². The molecule has 0 fully saturated rings. The van der Waals surface area contributed by atoms with E-state index in [0.29, 0.717) is 6.42 Å². The Morgan fingerprint density at radius 3 is 2.16 bits per heavy atom. The SMILES string of the molecule is COC(=O)/C=C\C(=O)OCCCC(=O)O[Si](C)(C)C. The highest BCUT2D eigenvalue weighted by molar-refractivity contribution is 6.71. The zero-order chi connectivity index (χ0) is 14.9. The van der Waals surface area contributed by atoms with Crippen LogP contribution in [0.3, 0.4) is 0 Å². The van der Waals surface area contributed by atoms with Crippen molar-refractivity contribution in [3.8, 4) is 0 Å². The highest BCUT2D eigenvalue weighted by Gasteiger charge is 2.19. The van der Waals surface area contributed by atoms with Crippen molar-refractivity contribution < 1.29 is 28.3 Å². The molecule has 0 aliphatic heterocycles. The van der Waals surface area contributed by atoms with Gasteiger partial charge in [-0.1, -0.05) is 0 Å². The molecule has 0 radical (unpaired) electrons. The Hall–Kier alpha value is -1.63. The molecule has 0 atom stereocenters. The zero-order valence-electron chi connectivity index (χ0n) is 11.7. The van der Waals surface area contributed by atoms with Crippen molar-refractivity contribution in [2.45, 2.75) is 32.5 Å². The molecule has 108 valence electrons. The van der Waals surface area contributed by atoms with Gasteiger partial charge in [-0.05, 0) is 26.1 Å². The topological polar surface area (TPSA) is 78.9 Å². The van der Waals surface area contributed by atoms with Crippen molar-refractivity contribution in [2.75, 3.05) is 13.7 Å². The van der Waals surface area contributed by atoms with Gasteiger partial charge in [-0.2, -0.15) is 0 Å². The fraction of sp³-hybridized carbons (Fsp3) is 0.583. The Morgan fingerprint density at radius 2 is 1.63 bits per heavy atom. The summed E-state index contributed by atoms with van der Waals surface area (Å²) in [4.78, 5) is 33.2. The zero-order valence-corrected chi connectivity index (χ0v) is 12.7. The number of methoxy groups -OCH3 is 1. The van der Waals surface area contributed by atoms with Crippen LogP contribution in [0.4, 0.5) is 0 Å². The van der Waals surface area contributed by atoms with Crippen molar-refractivity contribution in [2.24, 2.45) is 0 Å². The van der Waals surface area contributed by atoms with Crippen molar-refractivity contribution in [1.29, 1.82) is 0 Å². The first-order chi connectivity index (χ1) is 8.74. The van der Waals surface area contributed by atoms with Gasteiger partial charge >= 0.3 is 11.9 Å². The third-order valence-corrected chi connectivity index (χ3v) is 2.59. The van der Waals surface area contributed by atoms with Crippen LogP contribution in [0, 0.1) is 0 Å². The lowest BCUT2D eigenvalue weighted by molar-refractivity contribution is -0.141. The van der Waals surface area contributed by atoms with E-state index in [4.69, 9.17) is 9.16 Å². The van der Waals surface area contributed by atoms with Crippen LogP contribution in [0.2, 0.25) is 19.6 Å². The van der Waals surface area contributed by atoms with Gasteiger partial charge in [-0.25, -0.2) is 9.59 Å². The maximum absolute atomic E-state index is 11.4. The molecule has 0 aromatic carbocycles. The molecule has 0 heterocycles. The lowest BCUT2D eigenvalue weighted by atomic mass is 10.3. The van der Waals surface area contributed by atoms with Crippen LogP contribution in [0.5, 0.6) is 0 Å². The lowest BCUT2D eigenvalue weighted by Crippen LogP contribution is -2.29. The molecule has 0 aromatic heterocycles. The third-order valence-electron chi connectivity index (χ3n) is 1.75.